The summed E-state index contributed by atoms with van der Waals surface area (Å²) in [6.45, 7) is 3.78. The van der Waals surface area contributed by atoms with Gasteiger partial charge < -0.3 is 5.32 Å². The monoisotopic (exact) mass is 453 g/mol. The largest absolute Gasteiger partial charge is 0.307 e. The summed E-state index contributed by atoms with van der Waals surface area (Å²) in [5.74, 6) is 0.110. The SMILES string of the molecule is Cc1cc(NC(=O)/C=C\c2ccc([N+](=O)[O-])cc2)n(-c2nc3c(C)ccc(Cl)c3s2)n1. The second kappa shape index (κ2) is 8.29. The van der Waals surface area contributed by atoms with Crippen LogP contribution in [-0.2, 0) is 4.79 Å². The summed E-state index contributed by atoms with van der Waals surface area (Å²) in [6.07, 6.45) is 2.93. The van der Waals surface area contributed by atoms with E-state index in [9.17, 15) is 14.9 Å². The first-order valence-electron chi connectivity index (χ1n) is 9.18. The van der Waals surface area contributed by atoms with E-state index in [0.717, 1.165) is 21.5 Å². The number of anilines is 1. The summed E-state index contributed by atoms with van der Waals surface area (Å²) in [4.78, 5) is 27.4. The van der Waals surface area contributed by atoms with E-state index in [2.05, 4.69) is 15.4 Å². The molecule has 0 unspecified atom stereocenters. The number of aromatic nitrogens is 3. The standard InChI is InChI=1S/C21H16ClN5O3S/c1-12-3-9-16(22)20-19(12)24-21(31-20)26-17(11-13(2)25-26)23-18(28)10-6-14-4-7-15(8-5-14)27(29)30/h3-11H,1-2H3,(H,23,28)/b10-6-. The highest BCUT2D eigenvalue weighted by Gasteiger charge is 2.16. The molecule has 2 aromatic carbocycles. The number of carbonyl (C=O) groups is 1. The molecular weight excluding hydrogens is 438 g/mol. The Morgan fingerprint density at radius 2 is 1.97 bits per heavy atom. The molecule has 0 radical (unpaired) electrons. The third-order valence-corrected chi connectivity index (χ3v) is 5.97. The first-order chi connectivity index (χ1) is 14.8. The summed E-state index contributed by atoms with van der Waals surface area (Å²) in [5.41, 5.74) is 3.18. The van der Waals surface area contributed by atoms with E-state index in [0.29, 0.717) is 21.5 Å². The smallest absolute Gasteiger partial charge is 0.269 e. The fraction of sp³-hybridized carbons (Fsp3) is 0.0952. The number of halogens is 1. The zero-order chi connectivity index (χ0) is 22.1. The van der Waals surface area contributed by atoms with Gasteiger partial charge in [0.25, 0.3) is 5.69 Å². The van der Waals surface area contributed by atoms with Crippen LogP contribution in [0.15, 0.2) is 48.5 Å². The van der Waals surface area contributed by atoms with Crippen molar-refractivity contribution < 1.29 is 9.72 Å². The van der Waals surface area contributed by atoms with Crippen molar-refractivity contribution in [1.29, 1.82) is 0 Å². The Balaban J connectivity index is 1.58. The van der Waals surface area contributed by atoms with E-state index >= 15 is 0 Å². The summed E-state index contributed by atoms with van der Waals surface area (Å²) in [6, 6.07) is 11.4. The number of nitro groups is 1. The normalized spacial score (nSPS) is 11.3. The molecule has 0 aliphatic heterocycles. The molecule has 10 heteroatoms. The fourth-order valence-corrected chi connectivity index (χ4v) is 4.24. The first kappa shape index (κ1) is 20.7. The van der Waals surface area contributed by atoms with Crippen molar-refractivity contribution in [2.75, 3.05) is 5.32 Å². The van der Waals surface area contributed by atoms with Crippen molar-refractivity contribution in [3.05, 3.63) is 80.5 Å². The fourth-order valence-electron chi connectivity index (χ4n) is 2.96. The van der Waals surface area contributed by atoms with Gasteiger partial charge in [-0.3, -0.25) is 14.9 Å². The molecule has 4 aromatic rings. The molecule has 0 aliphatic carbocycles. The summed E-state index contributed by atoms with van der Waals surface area (Å²) in [5, 5.41) is 19.2. The highest BCUT2D eigenvalue weighted by Crippen LogP contribution is 2.34. The number of hydrogen-bond donors (Lipinski definition) is 1. The number of carbonyl (C=O) groups excluding carboxylic acids is 1. The molecule has 0 fully saturated rings. The maximum atomic E-state index is 12.4. The molecule has 8 nitrogen and oxygen atoms in total. The van der Waals surface area contributed by atoms with E-state index in [1.54, 1.807) is 29.0 Å². The lowest BCUT2D eigenvalue weighted by molar-refractivity contribution is -0.384. The highest BCUT2D eigenvalue weighted by molar-refractivity contribution is 7.21. The van der Waals surface area contributed by atoms with Crippen LogP contribution in [-0.4, -0.2) is 25.6 Å². The number of rotatable bonds is 5. The van der Waals surface area contributed by atoms with E-state index < -0.39 is 4.92 Å². The maximum absolute atomic E-state index is 12.4. The molecule has 0 saturated heterocycles. The summed E-state index contributed by atoms with van der Waals surface area (Å²) in [7, 11) is 0. The predicted molar refractivity (Wildman–Crippen MR) is 122 cm³/mol. The summed E-state index contributed by atoms with van der Waals surface area (Å²) >= 11 is 7.70. The lowest BCUT2D eigenvalue weighted by atomic mass is 10.2. The van der Waals surface area contributed by atoms with E-state index in [-0.39, 0.29) is 11.6 Å². The van der Waals surface area contributed by atoms with Gasteiger partial charge in [0.1, 0.15) is 5.82 Å². The number of thiazole rings is 1. The number of nitro benzene ring substituents is 1. The molecule has 1 amide bonds. The predicted octanol–water partition coefficient (Wildman–Crippen LogP) is 5.31. The number of amides is 1. The lowest BCUT2D eigenvalue weighted by Crippen LogP contribution is -2.12. The van der Waals surface area contributed by atoms with Crippen LogP contribution in [0.4, 0.5) is 11.5 Å². The molecule has 1 N–H and O–H groups in total. The van der Waals surface area contributed by atoms with Crippen LogP contribution >= 0.6 is 22.9 Å². The van der Waals surface area contributed by atoms with Crippen LogP contribution in [0.2, 0.25) is 5.02 Å². The van der Waals surface area contributed by atoms with Crippen LogP contribution < -0.4 is 5.32 Å². The van der Waals surface area contributed by atoms with Crippen molar-refractivity contribution in [2.24, 2.45) is 0 Å². The van der Waals surface area contributed by atoms with Crippen LogP contribution in [0, 0.1) is 24.0 Å². The molecule has 31 heavy (non-hydrogen) atoms. The zero-order valence-electron chi connectivity index (χ0n) is 16.5. The Hall–Kier alpha value is -3.56. The van der Waals surface area contributed by atoms with Crippen molar-refractivity contribution in [3.8, 4) is 5.13 Å². The van der Waals surface area contributed by atoms with Crippen molar-refractivity contribution in [1.82, 2.24) is 14.8 Å². The zero-order valence-corrected chi connectivity index (χ0v) is 18.1. The highest BCUT2D eigenvalue weighted by atomic mass is 35.5. The molecule has 0 spiro atoms. The number of fused-ring (bicyclic) bond motifs is 1. The molecule has 0 aliphatic rings. The van der Waals surface area contributed by atoms with E-state index in [1.165, 1.54) is 29.5 Å². The van der Waals surface area contributed by atoms with Crippen LogP contribution in [0.25, 0.3) is 21.4 Å². The van der Waals surface area contributed by atoms with Crippen molar-refractivity contribution in [2.45, 2.75) is 13.8 Å². The van der Waals surface area contributed by atoms with Gasteiger partial charge in [-0.2, -0.15) is 9.78 Å². The van der Waals surface area contributed by atoms with Gasteiger partial charge in [-0.15, -0.1) is 0 Å². The molecule has 0 bridgehead atoms. The minimum atomic E-state index is -0.472. The van der Waals surface area contributed by atoms with Crippen LogP contribution in [0.1, 0.15) is 16.8 Å². The molecule has 2 aromatic heterocycles. The number of nitrogens with one attached hydrogen (secondary N) is 1. The average Bonchev–Trinajstić information content (AvgIpc) is 3.34. The first-order valence-corrected chi connectivity index (χ1v) is 10.4. The molecule has 4 rings (SSSR count). The van der Waals surface area contributed by atoms with Gasteiger partial charge in [0.05, 0.1) is 25.9 Å². The number of non-ortho nitro benzene ring substituents is 1. The Morgan fingerprint density at radius 3 is 2.65 bits per heavy atom. The summed E-state index contributed by atoms with van der Waals surface area (Å²) < 4.78 is 2.44. The molecular formula is C21H16ClN5O3S. The van der Waals surface area contributed by atoms with Crippen LogP contribution in [0.3, 0.4) is 0 Å². The van der Waals surface area contributed by atoms with Gasteiger partial charge in [0.15, 0.2) is 0 Å². The van der Waals surface area contributed by atoms with Crippen molar-refractivity contribution >= 4 is 56.6 Å². The van der Waals surface area contributed by atoms with Gasteiger partial charge in [0.2, 0.25) is 11.0 Å². The van der Waals surface area contributed by atoms with E-state index in [4.69, 9.17) is 11.6 Å². The number of aryl methyl sites for hydroxylation is 2. The topological polar surface area (TPSA) is 103 Å². The van der Waals surface area contributed by atoms with E-state index in [1.807, 2.05) is 26.0 Å². The number of benzene rings is 2. The van der Waals surface area contributed by atoms with Crippen LogP contribution in [0.5, 0.6) is 0 Å². The second-order valence-electron chi connectivity index (χ2n) is 6.79. The molecule has 156 valence electrons. The Morgan fingerprint density at radius 1 is 1.23 bits per heavy atom. The Bertz CT molecular complexity index is 1300. The second-order valence-corrected chi connectivity index (χ2v) is 8.18. The van der Waals surface area contributed by atoms with Gasteiger partial charge in [0, 0.05) is 24.3 Å². The van der Waals surface area contributed by atoms with Gasteiger partial charge in [-0.05, 0) is 49.2 Å². The van der Waals surface area contributed by atoms with Gasteiger partial charge >= 0.3 is 0 Å². The number of hydrogen-bond acceptors (Lipinski definition) is 6. The Kier molecular flexibility index (Phi) is 5.53. The third-order valence-electron chi connectivity index (χ3n) is 4.48. The van der Waals surface area contributed by atoms with Crippen molar-refractivity contribution in [3.63, 3.8) is 0 Å². The quantitative estimate of drug-likeness (QED) is 0.250. The molecule has 0 atom stereocenters. The minimum Gasteiger partial charge on any atom is -0.307 e. The molecule has 2 heterocycles. The maximum Gasteiger partial charge on any atom is 0.269 e. The lowest BCUT2D eigenvalue weighted by Gasteiger charge is -2.04. The minimum absolute atomic E-state index is 0.00727. The third kappa shape index (κ3) is 4.32. The average molecular weight is 454 g/mol. The number of nitrogens with zero attached hydrogens (tertiary/aromatic N) is 4. The molecule has 0 saturated carbocycles. The van der Waals surface area contributed by atoms with Gasteiger partial charge in [-0.25, -0.2) is 4.98 Å². The Labute approximate surface area is 185 Å². The van der Waals surface area contributed by atoms with Gasteiger partial charge in [-0.1, -0.05) is 29.0 Å².